The Balaban J connectivity index is 1.78. The topological polar surface area (TPSA) is 67.9 Å². The summed E-state index contributed by atoms with van der Waals surface area (Å²) in [5.74, 6) is -1.31. The zero-order valence-corrected chi connectivity index (χ0v) is 17.1. The van der Waals surface area contributed by atoms with Crippen LogP contribution in [0.15, 0.2) is 72.2 Å². The fourth-order valence-corrected chi connectivity index (χ4v) is 5.60. The number of ketones is 1. The van der Waals surface area contributed by atoms with E-state index in [0.717, 1.165) is 11.1 Å². The van der Waals surface area contributed by atoms with Crippen LogP contribution in [0.25, 0.3) is 6.08 Å². The summed E-state index contributed by atoms with van der Waals surface area (Å²) in [5.41, 5.74) is 0.818. The Bertz CT molecular complexity index is 1250. The van der Waals surface area contributed by atoms with Gasteiger partial charge in [-0.2, -0.15) is 10.5 Å². The van der Waals surface area contributed by atoms with Gasteiger partial charge in [-0.25, -0.2) is 4.39 Å². The van der Waals surface area contributed by atoms with Gasteiger partial charge >= 0.3 is 0 Å². The van der Waals surface area contributed by atoms with E-state index in [-0.39, 0.29) is 5.78 Å². The minimum atomic E-state index is -1.53. The van der Waals surface area contributed by atoms with Crippen LogP contribution in [-0.2, 0) is 0 Å². The van der Waals surface area contributed by atoms with Crippen molar-refractivity contribution in [1.29, 1.82) is 10.5 Å². The molecule has 4 nitrogen and oxygen atoms in total. The standard InChI is InChI=1S/C25H16FN3OS/c26-18-9-7-17(8-10-18)21-22(23(30)20-6-3-13-31-20)29-12-11-16-4-1-2-5-19(16)24(29)25(21,14-27)15-28/h1-13,21-22,24H/t21-,22+,24-/m0/s1. The molecule has 1 fully saturated rings. The summed E-state index contributed by atoms with van der Waals surface area (Å²) in [6, 6.07) is 20.1. The number of nitrogens with zero attached hydrogens (tertiary/aromatic N) is 3. The first-order valence-corrected chi connectivity index (χ1v) is 10.7. The van der Waals surface area contributed by atoms with E-state index in [1.54, 1.807) is 24.3 Å². The second-order valence-electron chi connectivity index (χ2n) is 7.70. The first-order valence-electron chi connectivity index (χ1n) is 9.81. The second-order valence-corrected chi connectivity index (χ2v) is 8.65. The van der Waals surface area contributed by atoms with Gasteiger partial charge in [0.05, 0.1) is 23.1 Å². The third-order valence-electron chi connectivity index (χ3n) is 6.21. The van der Waals surface area contributed by atoms with Crippen LogP contribution in [0.2, 0.25) is 0 Å². The molecule has 2 aliphatic rings. The highest BCUT2D eigenvalue weighted by Gasteiger charge is 2.63. The summed E-state index contributed by atoms with van der Waals surface area (Å²) in [6.07, 6.45) is 3.73. The molecule has 150 valence electrons. The van der Waals surface area contributed by atoms with Crippen molar-refractivity contribution in [1.82, 2.24) is 4.90 Å². The van der Waals surface area contributed by atoms with Crippen molar-refractivity contribution in [3.8, 4) is 12.1 Å². The SMILES string of the molecule is N#CC1(C#N)[C@@H]2c3ccccc3C=CN2[C@@H](C(=O)c2cccs2)[C@@H]1c1ccc(F)cc1. The Morgan fingerprint density at radius 3 is 2.45 bits per heavy atom. The lowest BCUT2D eigenvalue weighted by molar-refractivity contribution is 0.0879. The van der Waals surface area contributed by atoms with Crippen LogP contribution in [0.5, 0.6) is 0 Å². The van der Waals surface area contributed by atoms with Crippen molar-refractivity contribution in [3.05, 3.63) is 99.6 Å². The molecule has 0 radical (unpaired) electrons. The van der Waals surface area contributed by atoms with Crippen LogP contribution < -0.4 is 0 Å². The summed E-state index contributed by atoms with van der Waals surface area (Å²) < 4.78 is 13.7. The van der Waals surface area contributed by atoms with Crippen LogP contribution in [0.1, 0.15) is 38.3 Å². The number of thiophene rings is 1. The molecule has 5 rings (SSSR count). The molecule has 1 saturated heterocycles. The monoisotopic (exact) mass is 425 g/mol. The Kier molecular flexibility index (Phi) is 4.46. The fourth-order valence-electron chi connectivity index (χ4n) is 4.90. The van der Waals surface area contributed by atoms with Gasteiger partial charge in [0.1, 0.15) is 11.9 Å². The molecule has 1 aromatic heterocycles. The lowest BCUT2D eigenvalue weighted by Gasteiger charge is -2.34. The Morgan fingerprint density at radius 2 is 1.77 bits per heavy atom. The molecule has 31 heavy (non-hydrogen) atoms. The van der Waals surface area contributed by atoms with Crippen molar-refractivity contribution >= 4 is 23.2 Å². The molecule has 2 aliphatic heterocycles. The molecule has 0 amide bonds. The Morgan fingerprint density at radius 1 is 1.03 bits per heavy atom. The third-order valence-corrected chi connectivity index (χ3v) is 7.09. The van der Waals surface area contributed by atoms with Gasteiger partial charge in [0.25, 0.3) is 0 Å². The molecule has 3 heterocycles. The predicted octanol–water partition coefficient (Wildman–Crippen LogP) is 5.30. The van der Waals surface area contributed by atoms with Crippen molar-refractivity contribution in [2.45, 2.75) is 18.0 Å². The molecule has 3 aromatic rings. The van der Waals surface area contributed by atoms with Crippen LogP contribution in [0.4, 0.5) is 4.39 Å². The van der Waals surface area contributed by atoms with Gasteiger partial charge < -0.3 is 4.90 Å². The van der Waals surface area contributed by atoms with Crippen molar-refractivity contribution in [2.75, 3.05) is 0 Å². The summed E-state index contributed by atoms with van der Waals surface area (Å²) in [4.78, 5) is 16.1. The minimum Gasteiger partial charge on any atom is -0.357 e. The number of carbonyl (C=O) groups excluding carboxylic acids is 1. The van der Waals surface area contributed by atoms with Crippen LogP contribution >= 0.6 is 11.3 Å². The summed E-state index contributed by atoms with van der Waals surface area (Å²) >= 11 is 1.33. The van der Waals surface area contributed by atoms with Crippen LogP contribution in [0.3, 0.4) is 0 Å². The summed E-state index contributed by atoms with van der Waals surface area (Å²) in [6.45, 7) is 0. The largest absolute Gasteiger partial charge is 0.357 e. The van der Waals surface area contributed by atoms with E-state index in [9.17, 15) is 19.7 Å². The van der Waals surface area contributed by atoms with Gasteiger partial charge in [-0.15, -0.1) is 11.3 Å². The highest BCUT2D eigenvalue weighted by atomic mass is 32.1. The van der Waals surface area contributed by atoms with E-state index >= 15 is 0 Å². The van der Waals surface area contributed by atoms with Crippen LogP contribution in [-0.4, -0.2) is 16.7 Å². The molecule has 3 atom stereocenters. The maximum Gasteiger partial charge on any atom is 0.195 e. The van der Waals surface area contributed by atoms with Gasteiger partial charge in [-0.3, -0.25) is 4.79 Å². The predicted molar refractivity (Wildman–Crippen MR) is 115 cm³/mol. The van der Waals surface area contributed by atoms with Crippen molar-refractivity contribution in [3.63, 3.8) is 0 Å². The molecule has 0 N–H and O–H groups in total. The number of hydrogen-bond acceptors (Lipinski definition) is 5. The number of halogens is 1. The van der Waals surface area contributed by atoms with E-state index in [4.69, 9.17) is 0 Å². The molecule has 0 aliphatic carbocycles. The van der Waals surface area contributed by atoms with Gasteiger partial charge in [0, 0.05) is 12.1 Å². The molecule has 0 saturated carbocycles. The average molecular weight is 425 g/mol. The average Bonchev–Trinajstić information content (AvgIpc) is 3.44. The lowest BCUT2D eigenvalue weighted by atomic mass is 9.67. The third kappa shape index (κ3) is 2.73. The van der Waals surface area contributed by atoms with Gasteiger partial charge in [-0.1, -0.05) is 42.5 Å². The number of fused-ring (bicyclic) bond motifs is 3. The number of Topliss-reactive ketones (excluding diaryl/α,β-unsaturated/α-hetero) is 1. The summed E-state index contributed by atoms with van der Waals surface area (Å²) in [5, 5.41) is 22.6. The molecular formula is C25H16FN3OS. The number of benzene rings is 2. The highest BCUT2D eigenvalue weighted by Crippen LogP contribution is 2.60. The second kappa shape index (κ2) is 7.19. The number of carbonyl (C=O) groups is 1. The Hall–Kier alpha value is -3.74. The first-order chi connectivity index (χ1) is 15.1. The smallest absolute Gasteiger partial charge is 0.195 e. The van der Waals surface area contributed by atoms with E-state index < -0.39 is 29.2 Å². The van der Waals surface area contributed by atoms with Gasteiger partial charge in [-0.05, 0) is 46.3 Å². The normalized spacial score (nSPS) is 22.8. The number of rotatable bonds is 3. The molecular weight excluding hydrogens is 409 g/mol. The molecule has 0 unspecified atom stereocenters. The van der Waals surface area contributed by atoms with E-state index in [1.165, 1.54) is 23.5 Å². The fraction of sp³-hybridized carbons (Fsp3) is 0.160. The van der Waals surface area contributed by atoms with E-state index in [2.05, 4.69) is 12.1 Å². The van der Waals surface area contributed by atoms with Gasteiger partial charge in [0.2, 0.25) is 0 Å². The molecule has 0 spiro atoms. The molecule has 0 bridgehead atoms. The van der Waals surface area contributed by atoms with Crippen molar-refractivity contribution in [2.24, 2.45) is 5.41 Å². The van der Waals surface area contributed by atoms with Crippen LogP contribution in [0, 0.1) is 33.9 Å². The van der Waals surface area contributed by atoms with E-state index in [0.29, 0.717) is 10.4 Å². The number of hydrogen-bond donors (Lipinski definition) is 0. The lowest BCUT2D eigenvalue weighted by Crippen LogP contribution is -2.37. The van der Waals surface area contributed by atoms with Gasteiger partial charge in [0.15, 0.2) is 11.2 Å². The molecule has 2 aromatic carbocycles. The van der Waals surface area contributed by atoms with Crippen molar-refractivity contribution < 1.29 is 9.18 Å². The van der Waals surface area contributed by atoms with E-state index in [1.807, 2.05) is 46.8 Å². The maximum absolute atomic E-state index is 13.7. The Labute approximate surface area is 183 Å². The molecule has 6 heteroatoms. The summed E-state index contributed by atoms with van der Waals surface area (Å²) in [7, 11) is 0. The number of nitriles is 2. The quantitative estimate of drug-likeness (QED) is 0.534. The zero-order valence-electron chi connectivity index (χ0n) is 16.3. The minimum absolute atomic E-state index is 0.147. The first kappa shape index (κ1) is 19.2. The zero-order chi connectivity index (χ0) is 21.6. The highest BCUT2D eigenvalue weighted by molar-refractivity contribution is 7.12. The maximum atomic E-state index is 13.7.